The SMILES string of the molecule is CCNC(C)CN1CCC(C)CC1. The van der Waals surface area contributed by atoms with E-state index in [1.165, 1.54) is 32.5 Å². The lowest BCUT2D eigenvalue weighted by Crippen LogP contribution is -2.42. The largest absolute Gasteiger partial charge is 0.313 e. The standard InChI is InChI=1S/C11H24N2/c1-4-12-11(3)9-13-7-5-10(2)6-8-13/h10-12H,4-9H2,1-3H3. The lowest BCUT2D eigenvalue weighted by atomic mass is 9.99. The number of nitrogens with one attached hydrogen (secondary N) is 1. The maximum absolute atomic E-state index is 3.46. The number of nitrogens with zero attached hydrogens (tertiary/aromatic N) is 1. The van der Waals surface area contributed by atoms with Crippen molar-refractivity contribution in [2.45, 2.75) is 39.7 Å². The Bertz CT molecular complexity index is 128. The molecule has 0 aromatic carbocycles. The summed E-state index contributed by atoms with van der Waals surface area (Å²) in [5.74, 6) is 0.950. The van der Waals surface area contributed by atoms with Crippen LogP contribution in [-0.2, 0) is 0 Å². The van der Waals surface area contributed by atoms with Crippen LogP contribution in [0.3, 0.4) is 0 Å². The molecule has 0 spiro atoms. The summed E-state index contributed by atoms with van der Waals surface area (Å²) in [4.78, 5) is 2.59. The van der Waals surface area contributed by atoms with Gasteiger partial charge in [-0.25, -0.2) is 0 Å². The summed E-state index contributed by atoms with van der Waals surface area (Å²) in [5, 5.41) is 3.46. The fourth-order valence-corrected chi connectivity index (χ4v) is 2.04. The van der Waals surface area contributed by atoms with Crippen molar-refractivity contribution in [3.8, 4) is 0 Å². The average molecular weight is 184 g/mol. The van der Waals surface area contributed by atoms with E-state index in [1.807, 2.05) is 0 Å². The van der Waals surface area contributed by atoms with Gasteiger partial charge in [0.25, 0.3) is 0 Å². The van der Waals surface area contributed by atoms with Gasteiger partial charge in [0.05, 0.1) is 0 Å². The zero-order valence-electron chi connectivity index (χ0n) is 9.34. The Morgan fingerprint density at radius 1 is 1.38 bits per heavy atom. The summed E-state index contributed by atoms with van der Waals surface area (Å²) in [6.45, 7) is 11.7. The second-order valence-electron chi connectivity index (χ2n) is 4.44. The van der Waals surface area contributed by atoms with E-state index in [4.69, 9.17) is 0 Å². The average Bonchev–Trinajstić information content (AvgIpc) is 2.09. The quantitative estimate of drug-likeness (QED) is 0.715. The van der Waals surface area contributed by atoms with E-state index in [9.17, 15) is 0 Å². The van der Waals surface area contributed by atoms with Crippen molar-refractivity contribution in [3.05, 3.63) is 0 Å². The molecule has 2 heteroatoms. The van der Waals surface area contributed by atoms with Crippen LogP contribution in [0.25, 0.3) is 0 Å². The third kappa shape index (κ3) is 4.10. The Labute approximate surface area is 82.7 Å². The lowest BCUT2D eigenvalue weighted by molar-refractivity contribution is 0.178. The maximum Gasteiger partial charge on any atom is 0.0166 e. The normalized spacial score (nSPS) is 23.3. The van der Waals surface area contributed by atoms with Crippen LogP contribution in [0.4, 0.5) is 0 Å². The minimum atomic E-state index is 0.651. The van der Waals surface area contributed by atoms with Crippen LogP contribution in [-0.4, -0.2) is 37.1 Å². The molecule has 1 saturated heterocycles. The van der Waals surface area contributed by atoms with Crippen molar-refractivity contribution in [1.82, 2.24) is 10.2 Å². The van der Waals surface area contributed by atoms with Crippen LogP contribution < -0.4 is 5.32 Å². The van der Waals surface area contributed by atoms with Crippen molar-refractivity contribution < 1.29 is 0 Å². The van der Waals surface area contributed by atoms with E-state index in [-0.39, 0.29) is 0 Å². The van der Waals surface area contributed by atoms with Gasteiger partial charge >= 0.3 is 0 Å². The van der Waals surface area contributed by atoms with Gasteiger partial charge in [0.1, 0.15) is 0 Å². The Hall–Kier alpha value is -0.0800. The fraction of sp³-hybridized carbons (Fsp3) is 1.00. The minimum Gasteiger partial charge on any atom is -0.313 e. The summed E-state index contributed by atoms with van der Waals surface area (Å²) in [5.41, 5.74) is 0. The number of rotatable bonds is 4. The molecule has 0 aliphatic carbocycles. The van der Waals surface area contributed by atoms with E-state index in [0.717, 1.165) is 12.5 Å². The smallest absolute Gasteiger partial charge is 0.0166 e. The van der Waals surface area contributed by atoms with Gasteiger partial charge < -0.3 is 10.2 Å². The maximum atomic E-state index is 3.46. The van der Waals surface area contributed by atoms with E-state index in [1.54, 1.807) is 0 Å². The van der Waals surface area contributed by atoms with Gasteiger partial charge in [0.2, 0.25) is 0 Å². The van der Waals surface area contributed by atoms with Crippen molar-refractivity contribution >= 4 is 0 Å². The second kappa shape index (κ2) is 5.61. The molecule has 0 aromatic rings. The van der Waals surface area contributed by atoms with Crippen LogP contribution in [0.5, 0.6) is 0 Å². The molecule has 1 aliphatic rings. The molecule has 0 amide bonds. The highest BCUT2D eigenvalue weighted by atomic mass is 15.1. The second-order valence-corrected chi connectivity index (χ2v) is 4.44. The summed E-state index contributed by atoms with van der Waals surface area (Å²) >= 11 is 0. The Kier molecular flexibility index (Phi) is 4.74. The molecule has 1 rings (SSSR count). The molecule has 78 valence electrons. The number of hydrogen-bond donors (Lipinski definition) is 1. The Morgan fingerprint density at radius 2 is 2.00 bits per heavy atom. The van der Waals surface area contributed by atoms with Crippen LogP contribution in [0.2, 0.25) is 0 Å². The minimum absolute atomic E-state index is 0.651. The summed E-state index contributed by atoms with van der Waals surface area (Å²) in [6, 6.07) is 0.651. The van der Waals surface area contributed by atoms with Crippen LogP contribution in [0.1, 0.15) is 33.6 Å². The van der Waals surface area contributed by atoms with E-state index < -0.39 is 0 Å². The van der Waals surface area contributed by atoms with Gasteiger partial charge in [0.15, 0.2) is 0 Å². The molecular weight excluding hydrogens is 160 g/mol. The Morgan fingerprint density at radius 3 is 2.54 bits per heavy atom. The third-order valence-electron chi connectivity index (χ3n) is 2.96. The van der Waals surface area contributed by atoms with Crippen LogP contribution in [0.15, 0.2) is 0 Å². The lowest BCUT2D eigenvalue weighted by Gasteiger charge is -2.32. The zero-order valence-corrected chi connectivity index (χ0v) is 9.34. The predicted octanol–water partition coefficient (Wildman–Crippen LogP) is 1.72. The molecule has 0 saturated carbocycles. The molecular formula is C11H24N2. The third-order valence-corrected chi connectivity index (χ3v) is 2.96. The van der Waals surface area contributed by atoms with Gasteiger partial charge in [0, 0.05) is 12.6 Å². The number of likely N-dealkylation sites (N-methyl/N-ethyl adjacent to an activating group) is 1. The van der Waals surface area contributed by atoms with Crippen molar-refractivity contribution in [3.63, 3.8) is 0 Å². The molecule has 1 atom stereocenters. The van der Waals surface area contributed by atoms with Crippen LogP contribution >= 0.6 is 0 Å². The van der Waals surface area contributed by atoms with Gasteiger partial charge in [-0.1, -0.05) is 13.8 Å². The van der Waals surface area contributed by atoms with E-state index in [0.29, 0.717) is 6.04 Å². The van der Waals surface area contributed by atoms with Gasteiger partial charge in [-0.2, -0.15) is 0 Å². The highest BCUT2D eigenvalue weighted by molar-refractivity contribution is 4.73. The molecule has 2 nitrogen and oxygen atoms in total. The molecule has 0 radical (unpaired) electrons. The van der Waals surface area contributed by atoms with E-state index in [2.05, 4.69) is 31.0 Å². The first kappa shape index (κ1) is 11.0. The topological polar surface area (TPSA) is 15.3 Å². The first-order valence-corrected chi connectivity index (χ1v) is 5.68. The predicted molar refractivity (Wildman–Crippen MR) is 58.0 cm³/mol. The molecule has 0 bridgehead atoms. The molecule has 1 N–H and O–H groups in total. The first-order chi connectivity index (χ1) is 6.22. The monoisotopic (exact) mass is 184 g/mol. The van der Waals surface area contributed by atoms with Gasteiger partial charge in [-0.15, -0.1) is 0 Å². The number of likely N-dealkylation sites (tertiary alicyclic amines) is 1. The van der Waals surface area contributed by atoms with Crippen molar-refractivity contribution in [1.29, 1.82) is 0 Å². The summed E-state index contributed by atoms with van der Waals surface area (Å²) < 4.78 is 0. The highest BCUT2D eigenvalue weighted by Gasteiger charge is 2.16. The van der Waals surface area contributed by atoms with Crippen LogP contribution in [0, 0.1) is 5.92 Å². The van der Waals surface area contributed by atoms with Crippen molar-refractivity contribution in [2.75, 3.05) is 26.2 Å². The van der Waals surface area contributed by atoms with E-state index >= 15 is 0 Å². The molecule has 1 fully saturated rings. The first-order valence-electron chi connectivity index (χ1n) is 5.68. The number of hydrogen-bond acceptors (Lipinski definition) is 2. The van der Waals surface area contributed by atoms with Gasteiger partial charge in [-0.3, -0.25) is 0 Å². The summed E-state index contributed by atoms with van der Waals surface area (Å²) in [6.07, 6.45) is 2.78. The molecule has 1 unspecified atom stereocenters. The molecule has 0 aromatic heterocycles. The van der Waals surface area contributed by atoms with Gasteiger partial charge in [-0.05, 0) is 45.3 Å². The molecule has 1 aliphatic heterocycles. The molecule has 1 heterocycles. The summed E-state index contributed by atoms with van der Waals surface area (Å²) in [7, 11) is 0. The zero-order chi connectivity index (χ0) is 9.68. The van der Waals surface area contributed by atoms with Crippen molar-refractivity contribution in [2.24, 2.45) is 5.92 Å². The molecule has 13 heavy (non-hydrogen) atoms. The highest BCUT2D eigenvalue weighted by Crippen LogP contribution is 2.15. The fourth-order valence-electron chi connectivity index (χ4n) is 2.04. The Balaban J connectivity index is 2.14. The number of piperidine rings is 1.